The number of ether oxygens (including phenoxy) is 1. The molecule has 0 saturated heterocycles. The minimum absolute atomic E-state index is 0.273. The molecule has 0 aliphatic carbocycles. The van der Waals surface area contributed by atoms with Gasteiger partial charge in [0.1, 0.15) is 6.61 Å². The number of fused-ring (bicyclic) bond motifs is 2. The van der Waals surface area contributed by atoms with E-state index in [2.05, 4.69) is 77.1 Å². The largest absolute Gasteiger partial charge is 0.458 e. The fraction of sp³-hybridized carbons (Fsp3) is 0.343. The number of rotatable bonds is 12. The third-order valence-corrected chi connectivity index (χ3v) is 6.77. The summed E-state index contributed by atoms with van der Waals surface area (Å²) >= 11 is 0. The van der Waals surface area contributed by atoms with E-state index in [9.17, 15) is 4.79 Å². The Hall–Kier alpha value is -3.39. The van der Waals surface area contributed by atoms with Crippen LogP contribution in [0.3, 0.4) is 0 Å². The highest BCUT2D eigenvalue weighted by Crippen LogP contribution is 2.26. The zero-order chi connectivity index (χ0) is 26.6. The van der Waals surface area contributed by atoms with Crippen molar-refractivity contribution in [3.8, 4) is 0 Å². The van der Waals surface area contributed by atoms with Crippen LogP contribution < -0.4 is 0 Å². The first-order chi connectivity index (χ1) is 17.8. The smallest absolute Gasteiger partial charge is 0.339 e. The van der Waals surface area contributed by atoms with Gasteiger partial charge in [0, 0.05) is 0 Å². The van der Waals surface area contributed by atoms with Gasteiger partial charge in [0.15, 0.2) is 0 Å². The molecule has 3 aromatic rings. The van der Waals surface area contributed by atoms with E-state index >= 15 is 0 Å². The molecule has 0 fully saturated rings. The first kappa shape index (κ1) is 28.2. The lowest BCUT2D eigenvalue weighted by Gasteiger charge is -2.08. The summed E-state index contributed by atoms with van der Waals surface area (Å²) < 4.78 is 5.62. The van der Waals surface area contributed by atoms with Crippen molar-refractivity contribution in [3.63, 3.8) is 0 Å². The number of carbonyl (C=O) groups excluding carboxylic acids is 1. The molecule has 0 saturated carbocycles. The molecule has 0 aliphatic rings. The Morgan fingerprint density at radius 3 is 1.81 bits per heavy atom. The molecule has 194 valence electrons. The molecular formula is C35H42O2. The first-order valence-electron chi connectivity index (χ1n) is 13.5. The average Bonchev–Trinajstić information content (AvgIpc) is 2.86. The molecule has 0 amide bonds. The maximum atomic E-state index is 12.8. The van der Waals surface area contributed by atoms with E-state index < -0.39 is 0 Å². The highest BCUT2D eigenvalue weighted by atomic mass is 16.5. The van der Waals surface area contributed by atoms with Gasteiger partial charge >= 0.3 is 5.97 Å². The van der Waals surface area contributed by atoms with Gasteiger partial charge in [-0.25, -0.2) is 4.79 Å². The molecule has 0 aliphatic heterocycles. The molecular weight excluding hydrogens is 452 g/mol. The first-order valence-corrected chi connectivity index (χ1v) is 13.5. The summed E-state index contributed by atoms with van der Waals surface area (Å²) in [6.45, 7) is 11.2. The lowest BCUT2D eigenvalue weighted by atomic mass is 10.00. The molecule has 0 unspecified atom stereocenters. The normalized spacial score (nSPS) is 12.7. The molecule has 0 heterocycles. The lowest BCUT2D eigenvalue weighted by molar-refractivity contribution is 0.0551. The molecule has 37 heavy (non-hydrogen) atoms. The molecule has 3 aromatic carbocycles. The highest BCUT2D eigenvalue weighted by molar-refractivity contribution is 6.08. The van der Waals surface area contributed by atoms with Crippen molar-refractivity contribution >= 4 is 27.5 Å². The molecule has 0 N–H and O–H groups in total. The maximum absolute atomic E-state index is 12.8. The zero-order valence-corrected chi connectivity index (χ0v) is 23.3. The molecule has 0 spiro atoms. The van der Waals surface area contributed by atoms with Crippen LogP contribution in [-0.2, 0) is 4.74 Å². The molecule has 0 radical (unpaired) electrons. The molecule has 2 heteroatoms. The molecule has 0 atom stereocenters. The fourth-order valence-electron chi connectivity index (χ4n) is 4.47. The number of carbonyl (C=O) groups is 1. The summed E-state index contributed by atoms with van der Waals surface area (Å²) in [6.07, 6.45) is 15.6. The Morgan fingerprint density at radius 2 is 1.19 bits per heavy atom. The van der Waals surface area contributed by atoms with Crippen LogP contribution in [0.2, 0.25) is 0 Å². The predicted molar refractivity (Wildman–Crippen MR) is 160 cm³/mol. The van der Waals surface area contributed by atoms with Crippen LogP contribution in [0.15, 0.2) is 101 Å². The van der Waals surface area contributed by atoms with Crippen molar-refractivity contribution in [1.82, 2.24) is 0 Å². The second kappa shape index (κ2) is 14.4. The van der Waals surface area contributed by atoms with Gasteiger partial charge in [0.05, 0.1) is 5.56 Å². The SMILES string of the molecule is CC(C)=CCC/C(C)=C/CC/C(C)=C/CC/C(C)=C/COC(=O)c1cccc2cc3ccccc3cc12. The van der Waals surface area contributed by atoms with Crippen LogP contribution in [0.5, 0.6) is 0 Å². The summed E-state index contributed by atoms with van der Waals surface area (Å²) in [6, 6.07) is 18.2. The summed E-state index contributed by atoms with van der Waals surface area (Å²) in [4.78, 5) is 12.8. The summed E-state index contributed by atoms with van der Waals surface area (Å²) in [5.74, 6) is -0.273. The third-order valence-electron chi connectivity index (χ3n) is 6.77. The van der Waals surface area contributed by atoms with E-state index in [0.29, 0.717) is 12.2 Å². The predicted octanol–water partition coefficient (Wildman–Crippen LogP) is 10.3. The summed E-state index contributed by atoms with van der Waals surface area (Å²) in [7, 11) is 0. The minimum Gasteiger partial charge on any atom is -0.458 e. The Labute approximate surface area is 223 Å². The van der Waals surface area contributed by atoms with Gasteiger partial charge in [0.2, 0.25) is 0 Å². The second-order valence-electron chi connectivity index (χ2n) is 10.4. The van der Waals surface area contributed by atoms with Crippen LogP contribution in [-0.4, -0.2) is 12.6 Å². The number of hydrogen-bond acceptors (Lipinski definition) is 2. The molecule has 2 nitrogen and oxygen atoms in total. The zero-order valence-electron chi connectivity index (χ0n) is 23.3. The van der Waals surface area contributed by atoms with Crippen molar-refractivity contribution in [1.29, 1.82) is 0 Å². The Balaban J connectivity index is 1.45. The second-order valence-corrected chi connectivity index (χ2v) is 10.4. The lowest BCUT2D eigenvalue weighted by Crippen LogP contribution is -2.06. The van der Waals surface area contributed by atoms with Crippen LogP contribution in [0, 0.1) is 0 Å². The van der Waals surface area contributed by atoms with Gasteiger partial charge in [-0.2, -0.15) is 0 Å². The minimum atomic E-state index is -0.273. The fourth-order valence-corrected chi connectivity index (χ4v) is 4.47. The molecule has 0 bridgehead atoms. The number of esters is 1. The van der Waals surface area contributed by atoms with Gasteiger partial charge < -0.3 is 4.74 Å². The van der Waals surface area contributed by atoms with Gasteiger partial charge in [-0.1, -0.05) is 76.9 Å². The van der Waals surface area contributed by atoms with Crippen molar-refractivity contribution in [2.75, 3.05) is 6.61 Å². The van der Waals surface area contributed by atoms with Gasteiger partial charge in [-0.05, 0) is 119 Å². The van der Waals surface area contributed by atoms with Gasteiger partial charge in [-0.15, -0.1) is 0 Å². The van der Waals surface area contributed by atoms with Gasteiger partial charge in [0.25, 0.3) is 0 Å². The van der Waals surface area contributed by atoms with E-state index in [1.54, 1.807) is 0 Å². The van der Waals surface area contributed by atoms with Crippen molar-refractivity contribution in [2.24, 2.45) is 0 Å². The maximum Gasteiger partial charge on any atom is 0.339 e. The van der Waals surface area contributed by atoms with Crippen LogP contribution >= 0.6 is 0 Å². The van der Waals surface area contributed by atoms with E-state index in [4.69, 9.17) is 4.74 Å². The van der Waals surface area contributed by atoms with E-state index in [1.807, 2.05) is 36.4 Å². The van der Waals surface area contributed by atoms with Gasteiger partial charge in [-0.3, -0.25) is 0 Å². The van der Waals surface area contributed by atoms with Crippen LogP contribution in [0.1, 0.15) is 83.5 Å². The van der Waals surface area contributed by atoms with Crippen LogP contribution in [0.4, 0.5) is 0 Å². The Bertz CT molecular complexity index is 1330. The number of benzene rings is 3. The van der Waals surface area contributed by atoms with Crippen molar-refractivity contribution < 1.29 is 9.53 Å². The standard InChI is InChI=1S/C35H42O2/c1-26(2)12-8-13-27(3)14-9-15-28(4)16-10-17-29(5)22-23-37-35(36)33-21-11-20-32-24-30-18-6-7-19-31(30)25-34(32)33/h6-7,11-12,14,16,18-22,24-25H,8-10,13,15,17,23H2,1-5H3/b27-14+,28-16+,29-22+. The summed E-state index contributed by atoms with van der Waals surface area (Å²) in [5, 5.41) is 4.28. The quantitative estimate of drug-likeness (QED) is 0.142. The number of hydrogen-bond donors (Lipinski definition) is 0. The molecule has 0 aromatic heterocycles. The Morgan fingerprint density at radius 1 is 0.649 bits per heavy atom. The summed E-state index contributed by atoms with van der Waals surface area (Å²) in [5.41, 5.74) is 6.18. The Kier molecular flexibility index (Phi) is 11.0. The average molecular weight is 495 g/mol. The van der Waals surface area contributed by atoms with Crippen molar-refractivity contribution in [2.45, 2.75) is 73.1 Å². The van der Waals surface area contributed by atoms with E-state index in [1.165, 1.54) is 27.7 Å². The third kappa shape index (κ3) is 9.21. The monoisotopic (exact) mass is 494 g/mol. The van der Waals surface area contributed by atoms with Crippen molar-refractivity contribution in [3.05, 3.63) is 107 Å². The highest BCUT2D eigenvalue weighted by Gasteiger charge is 2.11. The number of allylic oxidation sites excluding steroid dienone is 7. The topological polar surface area (TPSA) is 26.3 Å². The molecule has 3 rings (SSSR count). The van der Waals surface area contributed by atoms with E-state index in [0.717, 1.165) is 54.7 Å². The van der Waals surface area contributed by atoms with E-state index in [-0.39, 0.29) is 5.97 Å². The van der Waals surface area contributed by atoms with Crippen LogP contribution in [0.25, 0.3) is 21.5 Å².